The number of hydrogen-bond acceptors (Lipinski definition) is 6. The second-order valence-corrected chi connectivity index (χ2v) is 7.89. The Morgan fingerprint density at radius 3 is 2.52 bits per heavy atom. The number of carbonyl (C=O) groups excluding carboxylic acids is 2. The highest BCUT2D eigenvalue weighted by Gasteiger charge is 2.40. The third-order valence-corrected chi connectivity index (χ3v) is 6.08. The van der Waals surface area contributed by atoms with E-state index in [0.29, 0.717) is 6.42 Å². The largest absolute Gasteiger partial charge is 0.480 e. The quantitative estimate of drug-likeness (QED) is 0.414. The van der Waals surface area contributed by atoms with Crippen LogP contribution in [0.5, 0.6) is 0 Å². The molecule has 0 spiro atoms. The molecule has 1 aromatic rings. The minimum Gasteiger partial charge on any atom is -0.480 e. The van der Waals surface area contributed by atoms with Gasteiger partial charge >= 0.3 is 5.97 Å². The Kier molecular flexibility index (Phi) is 6.88. The van der Waals surface area contributed by atoms with Crippen molar-refractivity contribution in [2.45, 2.75) is 29.8 Å². The maximum absolute atomic E-state index is 12.8. The third-order valence-electron chi connectivity index (χ3n) is 4.16. The minimum absolute atomic E-state index is 0.0645. The van der Waals surface area contributed by atoms with Crippen LogP contribution in [0, 0.1) is 0 Å². The van der Waals surface area contributed by atoms with Gasteiger partial charge in [0.25, 0.3) is 0 Å². The summed E-state index contributed by atoms with van der Waals surface area (Å²) in [5.41, 5.74) is 5.14. The Bertz CT molecular complexity index is 798. The van der Waals surface area contributed by atoms with Gasteiger partial charge in [-0.05, 0) is 25.0 Å². The predicted molar refractivity (Wildman–Crippen MR) is 95.0 cm³/mol. The van der Waals surface area contributed by atoms with Crippen LogP contribution in [-0.2, 0) is 24.4 Å². The van der Waals surface area contributed by atoms with Gasteiger partial charge in [0.15, 0.2) is 0 Å². The smallest absolute Gasteiger partial charge is 0.328 e. The van der Waals surface area contributed by atoms with Gasteiger partial charge in [0.05, 0.1) is 11.4 Å². The monoisotopic (exact) mass is 398 g/mol. The van der Waals surface area contributed by atoms with Gasteiger partial charge in [0, 0.05) is 13.1 Å². The molecule has 5 N–H and O–H groups in total. The van der Waals surface area contributed by atoms with E-state index >= 15 is 0 Å². The molecule has 1 saturated heterocycles. The number of carboxylic acids is 1. The standard InChI is InChI=1S/C16H22N4O6S/c17-9-14(21)18-10-12(16(23)24)19-15(22)13-7-4-8-20(13)27(25,26)11-5-2-1-3-6-11/h1-3,5-6,12-13H,4,7-10,17H2,(H,18,21)(H,19,22)(H,23,24)/t12?,13-/m0/s1. The first-order valence-corrected chi connectivity index (χ1v) is 9.78. The number of amides is 2. The summed E-state index contributed by atoms with van der Waals surface area (Å²) in [5, 5.41) is 13.8. The molecular formula is C16H22N4O6S. The molecule has 0 aromatic heterocycles. The lowest BCUT2D eigenvalue weighted by Gasteiger charge is -2.25. The number of carbonyl (C=O) groups is 3. The Balaban J connectivity index is 2.12. The number of rotatable bonds is 8. The highest BCUT2D eigenvalue weighted by atomic mass is 32.2. The summed E-state index contributed by atoms with van der Waals surface area (Å²) in [7, 11) is -3.88. The Labute approximate surface area is 156 Å². The minimum atomic E-state index is -3.88. The molecule has 2 rings (SSSR count). The fourth-order valence-corrected chi connectivity index (χ4v) is 4.45. The highest BCUT2D eigenvalue weighted by Crippen LogP contribution is 2.26. The predicted octanol–water partition coefficient (Wildman–Crippen LogP) is -1.52. The second-order valence-electron chi connectivity index (χ2n) is 5.99. The number of aliphatic carboxylic acids is 1. The Morgan fingerprint density at radius 1 is 1.26 bits per heavy atom. The van der Waals surface area contributed by atoms with Crippen LogP contribution in [0.4, 0.5) is 0 Å². The van der Waals surface area contributed by atoms with Crippen molar-refractivity contribution in [3.63, 3.8) is 0 Å². The van der Waals surface area contributed by atoms with Crippen LogP contribution in [0.2, 0.25) is 0 Å². The maximum atomic E-state index is 12.8. The average molecular weight is 398 g/mol. The summed E-state index contributed by atoms with van der Waals surface area (Å²) in [5.74, 6) is -2.64. The van der Waals surface area contributed by atoms with Gasteiger partial charge in [0.1, 0.15) is 12.1 Å². The topological polar surface area (TPSA) is 159 Å². The second kappa shape index (κ2) is 8.93. The van der Waals surface area contributed by atoms with Crippen molar-refractivity contribution < 1.29 is 27.9 Å². The molecule has 1 aliphatic heterocycles. The van der Waals surface area contributed by atoms with E-state index < -0.39 is 39.9 Å². The van der Waals surface area contributed by atoms with E-state index in [1.807, 2.05) is 0 Å². The van der Waals surface area contributed by atoms with Gasteiger partial charge in [-0.15, -0.1) is 0 Å². The van der Waals surface area contributed by atoms with Crippen LogP contribution < -0.4 is 16.4 Å². The van der Waals surface area contributed by atoms with E-state index in [1.54, 1.807) is 18.2 Å². The SMILES string of the molecule is NCC(=O)NCC(NC(=O)[C@@H]1CCCN1S(=O)(=O)c1ccccc1)C(=O)O. The molecule has 0 bridgehead atoms. The molecule has 1 unspecified atom stereocenters. The van der Waals surface area contributed by atoms with E-state index in [1.165, 1.54) is 12.1 Å². The van der Waals surface area contributed by atoms with Crippen LogP contribution >= 0.6 is 0 Å². The van der Waals surface area contributed by atoms with Crippen molar-refractivity contribution >= 4 is 27.8 Å². The van der Waals surface area contributed by atoms with Crippen LogP contribution in [0.15, 0.2) is 35.2 Å². The number of carboxylic acid groups (broad SMARTS) is 1. The van der Waals surface area contributed by atoms with Gasteiger partial charge in [-0.3, -0.25) is 9.59 Å². The molecule has 1 aliphatic rings. The highest BCUT2D eigenvalue weighted by molar-refractivity contribution is 7.89. The summed E-state index contributed by atoms with van der Waals surface area (Å²) in [6.07, 6.45) is 0.755. The maximum Gasteiger partial charge on any atom is 0.328 e. The Hall–Kier alpha value is -2.50. The first-order valence-electron chi connectivity index (χ1n) is 8.34. The van der Waals surface area contributed by atoms with E-state index in [0.717, 1.165) is 4.31 Å². The van der Waals surface area contributed by atoms with Crippen LogP contribution in [0.25, 0.3) is 0 Å². The fourth-order valence-electron chi connectivity index (χ4n) is 2.77. The fraction of sp³-hybridized carbons (Fsp3) is 0.438. The van der Waals surface area contributed by atoms with Gasteiger partial charge in [-0.25, -0.2) is 13.2 Å². The van der Waals surface area contributed by atoms with Crippen molar-refractivity contribution in [2.24, 2.45) is 5.73 Å². The third kappa shape index (κ3) is 5.02. The van der Waals surface area contributed by atoms with Crippen molar-refractivity contribution in [1.29, 1.82) is 0 Å². The van der Waals surface area contributed by atoms with E-state index in [9.17, 15) is 27.9 Å². The molecule has 1 aromatic carbocycles. The first-order chi connectivity index (χ1) is 12.8. The van der Waals surface area contributed by atoms with Crippen LogP contribution in [0.3, 0.4) is 0 Å². The number of benzene rings is 1. The lowest BCUT2D eigenvalue weighted by Crippen LogP contribution is -2.54. The molecule has 1 fully saturated rings. The first kappa shape index (κ1) is 20.8. The Morgan fingerprint density at radius 2 is 1.93 bits per heavy atom. The summed E-state index contributed by atoms with van der Waals surface area (Å²) >= 11 is 0. The van der Waals surface area contributed by atoms with Gasteiger partial charge < -0.3 is 21.5 Å². The van der Waals surface area contributed by atoms with Gasteiger partial charge in [-0.1, -0.05) is 18.2 Å². The molecule has 1 heterocycles. The van der Waals surface area contributed by atoms with E-state index in [4.69, 9.17) is 5.73 Å². The molecule has 2 atom stereocenters. The molecule has 2 amide bonds. The van der Waals surface area contributed by atoms with Crippen LogP contribution in [-0.4, -0.2) is 67.3 Å². The molecule has 10 nitrogen and oxygen atoms in total. The van der Waals surface area contributed by atoms with E-state index in [-0.39, 0.29) is 31.0 Å². The molecule has 0 aliphatic carbocycles. The summed E-state index contributed by atoms with van der Waals surface area (Å²) in [6, 6.07) is 5.31. The molecule has 27 heavy (non-hydrogen) atoms. The summed E-state index contributed by atoms with van der Waals surface area (Å²) in [6.45, 7) is -0.502. The van der Waals surface area contributed by atoms with Crippen molar-refractivity contribution in [1.82, 2.24) is 14.9 Å². The molecular weight excluding hydrogens is 376 g/mol. The molecule has 0 saturated carbocycles. The van der Waals surface area contributed by atoms with E-state index in [2.05, 4.69) is 10.6 Å². The number of hydrogen-bond donors (Lipinski definition) is 4. The molecule has 0 radical (unpaired) electrons. The molecule has 148 valence electrons. The lowest BCUT2D eigenvalue weighted by molar-refractivity contribution is -0.142. The zero-order valence-corrected chi connectivity index (χ0v) is 15.3. The van der Waals surface area contributed by atoms with Crippen molar-refractivity contribution in [3.8, 4) is 0 Å². The number of sulfonamides is 1. The number of nitrogens with zero attached hydrogens (tertiary/aromatic N) is 1. The summed E-state index contributed by atoms with van der Waals surface area (Å²) < 4.78 is 26.6. The number of nitrogens with one attached hydrogen (secondary N) is 2. The summed E-state index contributed by atoms with van der Waals surface area (Å²) in [4.78, 5) is 35.1. The molecule has 11 heteroatoms. The zero-order chi connectivity index (χ0) is 20.0. The van der Waals surface area contributed by atoms with Crippen molar-refractivity contribution in [2.75, 3.05) is 19.6 Å². The van der Waals surface area contributed by atoms with Gasteiger partial charge in [0.2, 0.25) is 21.8 Å². The lowest BCUT2D eigenvalue weighted by atomic mass is 10.2. The van der Waals surface area contributed by atoms with Crippen molar-refractivity contribution in [3.05, 3.63) is 30.3 Å². The average Bonchev–Trinajstić information content (AvgIpc) is 3.16. The normalized spacial score (nSPS) is 18.6. The zero-order valence-electron chi connectivity index (χ0n) is 14.5. The number of nitrogens with two attached hydrogens (primary N) is 1. The van der Waals surface area contributed by atoms with Gasteiger partial charge in [-0.2, -0.15) is 4.31 Å². The van der Waals surface area contributed by atoms with Crippen LogP contribution in [0.1, 0.15) is 12.8 Å².